The monoisotopic (exact) mass is 545 g/mol. The second-order valence-electron chi connectivity index (χ2n) is 9.75. The zero-order valence-electron chi connectivity index (χ0n) is 22.1. The smallest absolute Gasteiger partial charge is 0.305 e. The molecule has 0 saturated carbocycles. The number of carboxylic acids is 1. The molecule has 0 radical (unpaired) electrons. The Hall–Kier alpha value is -4.70. The number of hydrogen-bond donors (Lipinski definition) is 4. The molecule has 0 saturated heterocycles. The summed E-state index contributed by atoms with van der Waals surface area (Å²) >= 11 is 0. The van der Waals surface area contributed by atoms with Crippen LogP contribution in [0.25, 0.3) is 10.8 Å². The number of benzene rings is 3. The summed E-state index contributed by atoms with van der Waals surface area (Å²) < 4.78 is 5.42. The summed E-state index contributed by atoms with van der Waals surface area (Å²) in [6.45, 7) is 3.41. The van der Waals surface area contributed by atoms with E-state index in [1.165, 1.54) is 6.08 Å². The van der Waals surface area contributed by atoms with Crippen molar-refractivity contribution in [2.75, 3.05) is 6.61 Å². The Balaban J connectivity index is 1.41. The number of carbonyl (C=O) groups is 4. The summed E-state index contributed by atoms with van der Waals surface area (Å²) in [5.74, 6) is -2.47. The fraction of sp³-hybridized carbons (Fsp3) is 0.267. The van der Waals surface area contributed by atoms with E-state index in [0.29, 0.717) is 17.0 Å². The number of rotatable bonds is 12. The van der Waals surface area contributed by atoms with Gasteiger partial charge in [0.2, 0.25) is 0 Å². The van der Waals surface area contributed by atoms with Gasteiger partial charge in [-0.25, -0.2) is 0 Å². The Morgan fingerprint density at radius 1 is 0.950 bits per heavy atom. The van der Waals surface area contributed by atoms with Crippen molar-refractivity contribution in [2.45, 2.75) is 38.5 Å². The van der Waals surface area contributed by atoms with Crippen LogP contribution >= 0.6 is 0 Å². The van der Waals surface area contributed by atoms with Gasteiger partial charge >= 0.3 is 5.97 Å². The van der Waals surface area contributed by atoms with Crippen LogP contribution in [0.1, 0.15) is 30.6 Å². The topological polar surface area (TPSA) is 143 Å². The van der Waals surface area contributed by atoms with E-state index in [1.807, 2.05) is 50.2 Å². The van der Waals surface area contributed by atoms with Crippen LogP contribution in [0.3, 0.4) is 0 Å². The number of nitrogens with one attached hydrogen (secondary N) is 3. The summed E-state index contributed by atoms with van der Waals surface area (Å²) in [4.78, 5) is 55.5. The highest BCUT2D eigenvalue weighted by molar-refractivity contribution is 5.99. The summed E-state index contributed by atoms with van der Waals surface area (Å²) in [7, 11) is 0. The molecule has 4 N–H and O–H groups in total. The quantitative estimate of drug-likeness (QED) is 0.272. The lowest BCUT2D eigenvalue weighted by Crippen LogP contribution is -2.48. The van der Waals surface area contributed by atoms with E-state index in [9.17, 15) is 24.3 Å². The number of para-hydroxylation sites is 1. The maximum absolute atomic E-state index is 13.1. The maximum Gasteiger partial charge on any atom is 0.305 e. The minimum Gasteiger partial charge on any atom is -0.486 e. The lowest BCUT2D eigenvalue weighted by molar-refractivity contribution is -0.141. The highest BCUT2D eigenvalue weighted by atomic mass is 16.7. The molecule has 2 amide bonds. The van der Waals surface area contributed by atoms with Gasteiger partial charge in [0, 0.05) is 5.56 Å². The molecule has 1 heterocycles. The van der Waals surface area contributed by atoms with Crippen molar-refractivity contribution in [1.29, 1.82) is 0 Å². The van der Waals surface area contributed by atoms with Crippen molar-refractivity contribution in [1.82, 2.24) is 16.1 Å². The Morgan fingerprint density at radius 2 is 1.65 bits per heavy atom. The first-order valence-electron chi connectivity index (χ1n) is 12.9. The number of amides is 2. The Bertz CT molecular complexity index is 1420. The first-order chi connectivity index (χ1) is 19.2. The lowest BCUT2D eigenvalue weighted by Gasteiger charge is -2.23. The van der Waals surface area contributed by atoms with Crippen molar-refractivity contribution in [3.63, 3.8) is 0 Å². The van der Waals surface area contributed by atoms with Gasteiger partial charge in [0.05, 0.1) is 18.2 Å². The van der Waals surface area contributed by atoms with Crippen molar-refractivity contribution in [2.24, 2.45) is 5.92 Å². The molecule has 0 spiro atoms. The van der Waals surface area contributed by atoms with Gasteiger partial charge in [-0.15, -0.1) is 0 Å². The fourth-order valence-electron chi connectivity index (χ4n) is 4.26. The van der Waals surface area contributed by atoms with Gasteiger partial charge in [-0.3, -0.25) is 29.5 Å². The van der Waals surface area contributed by atoms with E-state index in [1.54, 1.807) is 36.4 Å². The van der Waals surface area contributed by atoms with Crippen molar-refractivity contribution >= 4 is 34.3 Å². The highest BCUT2D eigenvalue weighted by Crippen LogP contribution is 2.20. The molecule has 0 bridgehead atoms. The van der Waals surface area contributed by atoms with E-state index in [4.69, 9.17) is 9.57 Å². The average Bonchev–Trinajstić information content (AvgIpc) is 3.44. The zero-order chi connectivity index (χ0) is 28.6. The summed E-state index contributed by atoms with van der Waals surface area (Å²) in [5, 5.41) is 16.7. The molecular formula is C30H31N3O7. The molecule has 0 aliphatic carbocycles. The van der Waals surface area contributed by atoms with Crippen LogP contribution in [0.5, 0.6) is 5.75 Å². The van der Waals surface area contributed by atoms with Gasteiger partial charge in [0.25, 0.3) is 11.8 Å². The second-order valence-corrected chi connectivity index (χ2v) is 9.75. The molecule has 10 heteroatoms. The van der Waals surface area contributed by atoms with Crippen LogP contribution in [0, 0.1) is 5.92 Å². The van der Waals surface area contributed by atoms with Crippen molar-refractivity contribution in [3.05, 3.63) is 90.1 Å². The van der Waals surface area contributed by atoms with E-state index in [0.717, 1.165) is 10.8 Å². The number of carbonyl (C=O) groups excluding carboxylic acids is 3. The van der Waals surface area contributed by atoms with Crippen LogP contribution in [-0.2, 0) is 19.2 Å². The number of hydrogen-bond acceptors (Lipinski definition) is 7. The third kappa shape index (κ3) is 7.23. The molecule has 1 aliphatic rings. The largest absolute Gasteiger partial charge is 0.486 e. The van der Waals surface area contributed by atoms with Crippen molar-refractivity contribution in [3.8, 4) is 5.75 Å². The molecule has 40 heavy (non-hydrogen) atoms. The molecule has 0 aromatic heterocycles. The Morgan fingerprint density at radius 3 is 2.35 bits per heavy atom. The third-order valence-electron chi connectivity index (χ3n) is 6.40. The number of ketones is 1. The molecular weight excluding hydrogens is 514 g/mol. The van der Waals surface area contributed by atoms with Gasteiger partial charge in [-0.1, -0.05) is 62.4 Å². The predicted molar refractivity (Wildman–Crippen MR) is 147 cm³/mol. The number of ether oxygens (including phenoxy) is 1. The lowest BCUT2D eigenvalue weighted by atomic mass is 9.99. The molecule has 208 valence electrons. The minimum absolute atomic E-state index is 0.0648. The normalized spacial score (nSPS) is 16.0. The first kappa shape index (κ1) is 28.3. The maximum atomic E-state index is 13.1. The van der Waals surface area contributed by atoms with E-state index in [-0.39, 0.29) is 11.8 Å². The number of carboxylic acid groups (broad SMARTS) is 1. The summed E-state index contributed by atoms with van der Waals surface area (Å²) in [6, 6.07) is 19.9. The van der Waals surface area contributed by atoms with Gasteiger partial charge in [-0.2, -0.15) is 0 Å². The second kappa shape index (κ2) is 12.9. The van der Waals surface area contributed by atoms with Crippen LogP contribution in [0.15, 0.2) is 84.6 Å². The molecule has 3 aromatic rings. The number of fused-ring (bicyclic) bond motifs is 1. The van der Waals surface area contributed by atoms with E-state index < -0.39 is 48.9 Å². The molecule has 10 nitrogen and oxygen atoms in total. The van der Waals surface area contributed by atoms with Gasteiger partial charge in [0.1, 0.15) is 18.4 Å². The van der Waals surface area contributed by atoms with Gasteiger partial charge < -0.3 is 20.5 Å². The molecule has 1 unspecified atom stereocenters. The SMILES string of the molecule is CC(C)[C@H](NC(=O)c1ccc2ccccc2c1)C1=CC(C(=O)N[C@@H](CC(=O)O)C(=O)COc2ccccc2)ON1. The zero-order valence-corrected chi connectivity index (χ0v) is 22.1. The average molecular weight is 546 g/mol. The van der Waals surface area contributed by atoms with Crippen LogP contribution < -0.4 is 20.9 Å². The first-order valence-corrected chi connectivity index (χ1v) is 12.9. The molecule has 0 fully saturated rings. The number of hydroxylamine groups is 1. The van der Waals surface area contributed by atoms with Gasteiger partial charge in [-0.05, 0) is 47.0 Å². The number of aliphatic carboxylic acids is 1. The van der Waals surface area contributed by atoms with Crippen molar-refractivity contribution < 1.29 is 33.9 Å². The Labute approximate surface area is 231 Å². The van der Waals surface area contributed by atoms with Crippen LogP contribution in [0.4, 0.5) is 0 Å². The standard InChI is InChI=1S/C30H31N3O7/c1-18(2)28(32-29(37)21-13-12-19-8-6-7-9-20(19)14-21)24-15-26(40-33-24)30(38)31-23(16-27(35)36)25(34)17-39-22-10-4-3-5-11-22/h3-15,18,23,26,28,33H,16-17H2,1-2H3,(H,31,38)(H,32,37)(H,35,36)/t23-,26?,28-/m0/s1. The predicted octanol–water partition coefficient (Wildman–Crippen LogP) is 2.99. The fourth-order valence-corrected chi connectivity index (χ4v) is 4.26. The summed E-state index contributed by atoms with van der Waals surface area (Å²) in [5.41, 5.74) is 3.67. The molecule has 3 aromatic carbocycles. The minimum atomic E-state index is -1.32. The van der Waals surface area contributed by atoms with E-state index in [2.05, 4.69) is 16.1 Å². The van der Waals surface area contributed by atoms with Gasteiger partial charge in [0.15, 0.2) is 11.9 Å². The number of Topliss-reactive ketones (excluding diaryl/α,β-unsaturated/α-hetero) is 1. The Kier molecular flexibility index (Phi) is 9.13. The van der Waals surface area contributed by atoms with E-state index >= 15 is 0 Å². The summed E-state index contributed by atoms with van der Waals surface area (Å²) in [6.07, 6.45) is -0.257. The van der Waals surface area contributed by atoms with Crippen LogP contribution in [-0.4, -0.2) is 53.5 Å². The van der Waals surface area contributed by atoms with Crippen LogP contribution in [0.2, 0.25) is 0 Å². The third-order valence-corrected chi connectivity index (χ3v) is 6.40. The highest BCUT2D eigenvalue weighted by Gasteiger charge is 2.33. The molecule has 3 atom stereocenters. The molecule has 1 aliphatic heterocycles. The molecule has 4 rings (SSSR count).